The van der Waals surface area contributed by atoms with E-state index >= 15 is 0 Å². The topological polar surface area (TPSA) is 23.6 Å². The van der Waals surface area contributed by atoms with E-state index in [2.05, 4.69) is 34.7 Å². The van der Waals surface area contributed by atoms with E-state index in [-0.39, 0.29) is 5.91 Å². The first-order valence-corrected chi connectivity index (χ1v) is 7.73. The number of likely N-dealkylation sites (tertiary alicyclic amines) is 1. The van der Waals surface area contributed by atoms with E-state index < -0.39 is 0 Å². The number of benzene rings is 1. The number of nitrogens with zero attached hydrogens (tertiary/aromatic N) is 2. The minimum Gasteiger partial charge on any atom is -0.337 e. The Kier molecular flexibility index (Phi) is 4.99. The molecule has 1 atom stereocenters. The Bertz CT molecular complexity index is 446. The molecule has 0 aromatic heterocycles. The van der Waals surface area contributed by atoms with Crippen LogP contribution in [0.5, 0.6) is 0 Å². The van der Waals surface area contributed by atoms with Crippen molar-refractivity contribution in [3.05, 3.63) is 34.3 Å². The molecule has 1 aliphatic rings. The van der Waals surface area contributed by atoms with Gasteiger partial charge in [0.25, 0.3) is 5.91 Å². The highest BCUT2D eigenvalue weighted by Crippen LogP contribution is 2.19. The van der Waals surface area contributed by atoms with Crippen LogP contribution in [0.1, 0.15) is 30.6 Å². The van der Waals surface area contributed by atoms with E-state index in [0.717, 1.165) is 42.6 Å². The van der Waals surface area contributed by atoms with Crippen molar-refractivity contribution >= 4 is 21.8 Å². The van der Waals surface area contributed by atoms with Gasteiger partial charge in [0.15, 0.2) is 0 Å². The highest BCUT2D eigenvalue weighted by Gasteiger charge is 2.29. The summed E-state index contributed by atoms with van der Waals surface area (Å²) in [4.78, 5) is 16.8. The molecule has 1 saturated heterocycles. The average Bonchev–Trinajstić information content (AvgIpc) is 2.89. The lowest BCUT2D eigenvalue weighted by atomic mass is 10.2. The Morgan fingerprint density at radius 3 is 2.79 bits per heavy atom. The van der Waals surface area contributed by atoms with Gasteiger partial charge in [-0.25, -0.2) is 0 Å². The summed E-state index contributed by atoms with van der Waals surface area (Å²) in [5.74, 6) is 0.149. The van der Waals surface area contributed by atoms with Crippen LogP contribution < -0.4 is 0 Å². The van der Waals surface area contributed by atoms with E-state index in [1.165, 1.54) is 0 Å². The molecule has 0 saturated carbocycles. The lowest BCUT2D eigenvalue weighted by molar-refractivity contribution is 0.0778. The smallest absolute Gasteiger partial charge is 0.253 e. The SMILES string of the molecule is CCN(CC)C1CCN(C(=O)c2cccc(Br)c2)C1. The number of rotatable bonds is 4. The van der Waals surface area contributed by atoms with Crippen molar-refractivity contribution in [2.45, 2.75) is 26.3 Å². The molecule has 1 amide bonds. The summed E-state index contributed by atoms with van der Waals surface area (Å²) in [7, 11) is 0. The van der Waals surface area contributed by atoms with E-state index in [1.807, 2.05) is 29.2 Å². The van der Waals surface area contributed by atoms with Crippen molar-refractivity contribution in [2.24, 2.45) is 0 Å². The van der Waals surface area contributed by atoms with Gasteiger partial charge in [-0.15, -0.1) is 0 Å². The molecule has 104 valence electrons. The maximum atomic E-state index is 12.4. The first-order valence-electron chi connectivity index (χ1n) is 6.94. The van der Waals surface area contributed by atoms with Crippen molar-refractivity contribution in [2.75, 3.05) is 26.2 Å². The number of carbonyl (C=O) groups excluding carboxylic acids is 1. The highest BCUT2D eigenvalue weighted by atomic mass is 79.9. The number of amides is 1. The third-order valence-corrected chi connectivity index (χ3v) is 4.34. The number of hydrogen-bond acceptors (Lipinski definition) is 2. The fourth-order valence-corrected chi connectivity index (χ4v) is 3.17. The third kappa shape index (κ3) is 3.37. The molecule has 0 bridgehead atoms. The monoisotopic (exact) mass is 324 g/mol. The molecule has 0 N–H and O–H groups in total. The van der Waals surface area contributed by atoms with Crippen LogP contribution in [0, 0.1) is 0 Å². The molecule has 1 heterocycles. The van der Waals surface area contributed by atoms with Gasteiger partial charge in [-0.2, -0.15) is 0 Å². The van der Waals surface area contributed by atoms with Crippen LogP contribution in [-0.4, -0.2) is 47.9 Å². The molecule has 1 aromatic carbocycles. The van der Waals surface area contributed by atoms with Crippen LogP contribution in [0.2, 0.25) is 0 Å². The largest absolute Gasteiger partial charge is 0.337 e. The summed E-state index contributed by atoms with van der Waals surface area (Å²) in [6, 6.07) is 8.16. The molecule has 2 rings (SSSR count). The van der Waals surface area contributed by atoms with Crippen molar-refractivity contribution in [1.29, 1.82) is 0 Å². The lowest BCUT2D eigenvalue weighted by Gasteiger charge is -2.26. The van der Waals surface area contributed by atoms with Gasteiger partial charge in [-0.3, -0.25) is 9.69 Å². The molecular formula is C15H21BrN2O. The Labute approximate surface area is 123 Å². The molecule has 0 spiro atoms. The van der Waals surface area contributed by atoms with Crippen molar-refractivity contribution < 1.29 is 4.79 Å². The molecule has 1 aliphatic heterocycles. The Balaban J connectivity index is 2.02. The Hall–Kier alpha value is -0.870. The zero-order valence-electron chi connectivity index (χ0n) is 11.6. The maximum Gasteiger partial charge on any atom is 0.253 e. The molecule has 1 unspecified atom stereocenters. The van der Waals surface area contributed by atoms with Crippen LogP contribution in [0.15, 0.2) is 28.7 Å². The van der Waals surface area contributed by atoms with Crippen LogP contribution in [0.3, 0.4) is 0 Å². The predicted molar refractivity (Wildman–Crippen MR) is 81.4 cm³/mol. The minimum atomic E-state index is 0.149. The summed E-state index contributed by atoms with van der Waals surface area (Å²) in [6.07, 6.45) is 1.08. The van der Waals surface area contributed by atoms with Crippen LogP contribution in [-0.2, 0) is 0 Å². The van der Waals surface area contributed by atoms with E-state index in [0.29, 0.717) is 6.04 Å². The van der Waals surface area contributed by atoms with Crippen LogP contribution in [0.25, 0.3) is 0 Å². The zero-order chi connectivity index (χ0) is 13.8. The fraction of sp³-hybridized carbons (Fsp3) is 0.533. The zero-order valence-corrected chi connectivity index (χ0v) is 13.2. The molecule has 0 aliphatic carbocycles. The quantitative estimate of drug-likeness (QED) is 0.850. The molecule has 0 radical (unpaired) electrons. The summed E-state index contributed by atoms with van der Waals surface area (Å²) >= 11 is 3.42. The van der Waals surface area contributed by atoms with E-state index in [4.69, 9.17) is 0 Å². The maximum absolute atomic E-state index is 12.4. The normalized spacial score (nSPS) is 19.2. The fourth-order valence-electron chi connectivity index (χ4n) is 2.77. The molecule has 4 heteroatoms. The van der Waals surface area contributed by atoms with Crippen molar-refractivity contribution in [3.8, 4) is 0 Å². The number of likely N-dealkylation sites (N-methyl/N-ethyl adjacent to an activating group) is 1. The Morgan fingerprint density at radius 1 is 1.42 bits per heavy atom. The predicted octanol–water partition coefficient (Wildman–Crippen LogP) is 3.01. The van der Waals surface area contributed by atoms with Gasteiger partial charge in [-0.1, -0.05) is 35.8 Å². The van der Waals surface area contributed by atoms with Gasteiger partial charge in [0, 0.05) is 29.2 Å². The molecule has 3 nitrogen and oxygen atoms in total. The Morgan fingerprint density at radius 2 is 2.16 bits per heavy atom. The molecule has 1 aromatic rings. The van der Waals surface area contributed by atoms with Gasteiger partial charge in [0.2, 0.25) is 0 Å². The summed E-state index contributed by atoms with van der Waals surface area (Å²) in [6.45, 7) is 8.20. The van der Waals surface area contributed by atoms with Gasteiger partial charge in [0.1, 0.15) is 0 Å². The van der Waals surface area contributed by atoms with Gasteiger partial charge in [-0.05, 0) is 37.7 Å². The number of carbonyl (C=O) groups is 1. The average molecular weight is 325 g/mol. The molecular weight excluding hydrogens is 304 g/mol. The second kappa shape index (κ2) is 6.53. The highest BCUT2D eigenvalue weighted by molar-refractivity contribution is 9.10. The van der Waals surface area contributed by atoms with Crippen LogP contribution >= 0.6 is 15.9 Å². The standard InChI is InChI=1S/C15H21BrN2O/c1-3-17(4-2)14-8-9-18(11-14)15(19)12-6-5-7-13(16)10-12/h5-7,10,14H,3-4,8-9,11H2,1-2H3. The van der Waals surface area contributed by atoms with E-state index in [9.17, 15) is 4.79 Å². The minimum absolute atomic E-state index is 0.149. The lowest BCUT2D eigenvalue weighted by Crippen LogP contribution is -2.38. The summed E-state index contributed by atoms with van der Waals surface area (Å²) in [5.41, 5.74) is 0.773. The first-order chi connectivity index (χ1) is 9.15. The third-order valence-electron chi connectivity index (χ3n) is 3.85. The first kappa shape index (κ1) is 14.5. The van der Waals surface area contributed by atoms with Crippen molar-refractivity contribution in [1.82, 2.24) is 9.80 Å². The van der Waals surface area contributed by atoms with Gasteiger partial charge >= 0.3 is 0 Å². The summed E-state index contributed by atoms with van der Waals surface area (Å²) in [5, 5.41) is 0. The molecule has 19 heavy (non-hydrogen) atoms. The second-order valence-corrected chi connectivity index (χ2v) is 5.84. The summed E-state index contributed by atoms with van der Waals surface area (Å²) < 4.78 is 0.956. The number of hydrogen-bond donors (Lipinski definition) is 0. The second-order valence-electron chi connectivity index (χ2n) is 4.93. The van der Waals surface area contributed by atoms with Gasteiger partial charge in [0.05, 0.1) is 0 Å². The van der Waals surface area contributed by atoms with Gasteiger partial charge < -0.3 is 4.90 Å². The molecule has 1 fully saturated rings. The van der Waals surface area contributed by atoms with Crippen molar-refractivity contribution in [3.63, 3.8) is 0 Å². The van der Waals surface area contributed by atoms with E-state index in [1.54, 1.807) is 0 Å². The number of halogens is 1. The van der Waals surface area contributed by atoms with Crippen LogP contribution in [0.4, 0.5) is 0 Å².